The molecule has 5 nitrogen and oxygen atoms in total. The number of halogens is 3. The van der Waals surface area contributed by atoms with Crippen molar-refractivity contribution < 1.29 is 17.9 Å². The van der Waals surface area contributed by atoms with E-state index in [4.69, 9.17) is 0 Å². The van der Waals surface area contributed by atoms with Crippen LogP contribution >= 0.6 is 0 Å². The van der Waals surface area contributed by atoms with Crippen LogP contribution < -0.4 is 10.1 Å². The van der Waals surface area contributed by atoms with Gasteiger partial charge in [0.2, 0.25) is 0 Å². The molecule has 148 valence electrons. The summed E-state index contributed by atoms with van der Waals surface area (Å²) >= 11 is 0. The highest BCUT2D eigenvalue weighted by atomic mass is 19.4. The van der Waals surface area contributed by atoms with Gasteiger partial charge in [-0.15, -0.1) is 13.2 Å². The summed E-state index contributed by atoms with van der Waals surface area (Å²) in [6.07, 6.45) is 0.00404. The van der Waals surface area contributed by atoms with Gasteiger partial charge in [0.25, 0.3) is 0 Å². The molecule has 8 heteroatoms. The first-order valence-corrected chi connectivity index (χ1v) is 8.53. The van der Waals surface area contributed by atoms with Crippen LogP contribution in [-0.2, 0) is 0 Å². The van der Waals surface area contributed by atoms with Crippen LogP contribution in [0.5, 0.6) is 5.75 Å². The Hall–Kier alpha value is -3.68. The lowest BCUT2D eigenvalue weighted by atomic mass is 10.1. The second-order valence-electron chi connectivity index (χ2n) is 6.02. The lowest BCUT2D eigenvalue weighted by molar-refractivity contribution is -0.274. The second-order valence-corrected chi connectivity index (χ2v) is 6.02. The van der Waals surface area contributed by atoms with Crippen LogP contribution in [0.15, 0.2) is 78.8 Å². The number of para-hydroxylation sites is 1. The number of anilines is 1. The van der Waals surface area contributed by atoms with Crippen LogP contribution in [0.4, 0.5) is 24.5 Å². The van der Waals surface area contributed by atoms with Crippen molar-refractivity contribution in [2.45, 2.75) is 13.3 Å². The van der Waals surface area contributed by atoms with Crippen LogP contribution in [0.3, 0.4) is 0 Å². The van der Waals surface area contributed by atoms with Crippen LogP contribution in [0.2, 0.25) is 0 Å². The molecule has 0 unspecified atom stereocenters. The highest BCUT2D eigenvalue weighted by Gasteiger charge is 2.31. The summed E-state index contributed by atoms with van der Waals surface area (Å²) in [5.41, 5.74) is 3.72. The topological polar surface area (TPSA) is 59.4 Å². The quantitative estimate of drug-likeness (QED) is 0.549. The fourth-order valence-corrected chi connectivity index (χ4v) is 2.57. The third-order valence-corrected chi connectivity index (χ3v) is 3.86. The lowest BCUT2D eigenvalue weighted by Crippen LogP contribution is -2.17. The Balaban J connectivity index is 1.83. The van der Waals surface area contributed by atoms with Crippen molar-refractivity contribution in [2.24, 2.45) is 4.99 Å². The molecule has 1 aromatic heterocycles. The molecule has 0 saturated heterocycles. The number of aromatic nitrogens is 2. The molecular formula is C21H17F3N4O. The van der Waals surface area contributed by atoms with Gasteiger partial charge in [0.15, 0.2) is 0 Å². The Morgan fingerprint density at radius 1 is 1.07 bits per heavy atom. The molecule has 0 fully saturated rings. The van der Waals surface area contributed by atoms with Gasteiger partial charge in [-0.1, -0.05) is 30.8 Å². The number of hydrogen-bond donors (Lipinski definition) is 1. The Bertz CT molecular complexity index is 1030. The molecule has 0 aliphatic rings. The zero-order valence-corrected chi connectivity index (χ0v) is 15.4. The zero-order valence-electron chi connectivity index (χ0n) is 15.4. The first kappa shape index (κ1) is 20.1. The summed E-state index contributed by atoms with van der Waals surface area (Å²) in [5, 5.41) is 3.00. The average molecular weight is 398 g/mol. The predicted octanol–water partition coefficient (Wildman–Crippen LogP) is 5.60. The molecule has 0 amide bonds. The van der Waals surface area contributed by atoms with Crippen molar-refractivity contribution in [1.29, 1.82) is 0 Å². The molecule has 0 saturated carbocycles. The third-order valence-electron chi connectivity index (χ3n) is 3.86. The normalized spacial score (nSPS) is 11.8. The summed E-state index contributed by atoms with van der Waals surface area (Å²) in [6.45, 7) is 5.83. The van der Waals surface area contributed by atoms with E-state index in [2.05, 4.69) is 31.6 Å². The van der Waals surface area contributed by atoms with Crippen molar-refractivity contribution >= 4 is 22.8 Å². The summed E-state index contributed by atoms with van der Waals surface area (Å²) in [6, 6.07) is 12.8. The fourth-order valence-electron chi connectivity index (χ4n) is 2.57. The number of ether oxygens (including phenoxy) is 1. The number of hydrogen-bond acceptors (Lipinski definition) is 5. The van der Waals surface area contributed by atoms with Crippen molar-refractivity contribution in [1.82, 2.24) is 9.97 Å². The van der Waals surface area contributed by atoms with E-state index >= 15 is 0 Å². The summed E-state index contributed by atoms with van der Waals surface area (Å²) in [5.74, 6) is -0.318. The number of nitrogens with zero attached hydrogens (tertiary/aromatic N) is 3. The molecule has 0 atom stereocenters. The molecule has 0 spiro atoms. The molecule has 2 aromatic carbocycles. The fraction of sp³-hybridized carbons (Fsp3) is 0.0952. The highest BCUT2D eigenvalue weighted by Crippen LogP contribution is 2.29. The predicted molar refractivity (Wildman–Crippen MR) is 106 cm³/mol. The van der Waals surface area contributed by atoms with E-state index in [0.29, 0.717) is 28.3 Å². The van der Waals surface area contributed by atoms with E-state index < -0.39 is 6.36 Å². The number of nitrogens with one attached hydrogen (secondary N) is 1. The molecular weight excluding hydrogens is 381 g/mol. The van der Waals surface area contributed by atoms with Crippen LogP contribution in [0.1, 0.15) is 18.1 Å². The minimum absolute atomic E-state index is 0.318. The summed E-state index contributed by atoms with van der Waals surface area (Å²) < 4.78 is 41.2. The van der Waals surface area contributed by atoms with Gasteiger partial charge in [0.1, 0.15) is 12.1 Å². The molecule has 1 N–H and O–H groups in total. The maximum Gasteiger partial charge on any atom is 0.573 e. The van der Waals surface area contributed by atoms with E-state index in [1.807, 2.05) is 31.2 Å². The maximum atomic E-state index is 12.4. The summed E-state index contributed by atoms with van der Waals surface area (Å²) in [4.78, 5) is 12.6. The third kappa shape index (κ3) is 5.65. The number of rotatable bonds is 6. The van der Waals surface area contributed by atoms with Gasteiger partial charge in [-0.05, 0) is 25.1 Å². The van der Waals surface area contributed by atoms with Crippen LogP contribution in [-0.4, -0.2) is 22.0 Å². The van der Waals surface area contributed by atoms with Gasteiger partial charge in [0.05, 0.1) is 5.69 Å². The van der Waals surface area contributed by atoms with Gasteiger partial charge < -0.3 is 10.1 Å². The smallest absolute Gasteiger partial charge is 0.406 e. The molecule has 0 radical (unpaired) electrons. The molecule has 0 aliphatic heterocycles. The van der Waals surface area contributed by atoms with Crippen molar-refractivity contribution in [3.05, 3.63) is 85.0 Å². The van der Waals surface area contributed by atoms with Crippen molar-refractivity contribution in [2.75, 3.05) is 5.32 Å². The zero-order chi connectivity index (χ0) is 20.9. The number of benzene rings is 2. The van der Waals surface area contributed by atoms with E-state index in [9.17, 15) is 13.2 Å². The van der Waals surface area contributed by atoms with E-state index in [0.717, 1.165) is 5.56 Å². The second kappa shape index (κ2) is 8.55. The molecule has 0 aliphatic carbocycles. The maximum absolute atomic E-state index is 12.4. The standard InChI is InChI=1S/C21H17F3N4O/c1-14(16-11-25-13-26-12-16)28-20-9-4-3-8-19(20)15(2)27-17-6-5-7-18(10-17)29-21(22,23)24/h3-13,27H,2H2,1H3/b28-14+. The first-order chi connectivity index (χ1) is 13.8. The molecule has 1 heterocycles. The summed E-state index contributed by atoms with van der Waals surface area (Å²) in [7, 11) is 0. The Kier molecular flexibility index (Phi) is 5.92. The average Bonchev–Trinajstić information content (AvgIpc) is 2.68. The SMILES string of the molecule is C=C(Nc1cccc(OC(F)(F)F)c1)c1ccccc1/N=C(\C)c1cncnc1. The van der Waals surface area contributed by atoms with Gasteiger partial charge >= 0.3 is 6.36 Å². The Morgan fingerprint density at radius 3 is 2.52 bits per heavy atom. The van der Waals surface area contributed by atoms with E-state index in [-0.39, 0.29) is 5.75 Å². The van der Waals surface area contributed by atoms with Crippen LogP contribution in [0, 0.1) is 0 Å². The van der Waals surface area contributed by atoms with Gasteiger partial charge in [-0.25, -0.2) is 9.97 Å². The van der Waals surface area contributed by atoms with Gasteiger partial charge in [-0.2, -0.15) is 0 Å². The molecule has 29 heavy (non-hydrogen) atoms. The van der Waals surface area contributed by atoms with Crippen LogP contribution in [0.25, 0.3) is 5.70 Å². The number of alkyl halides is 3. The minimum atomic E-state index is -4.75. The van der Waals surface area contributed by atoms with Gasteiger partial charge in [0, 0.05) is 46.7 Å². The monoisotopic (exact) mass is 398 g/mol. The van der Waals surface area contributed by atoms with Crippen molar-refractivity contribution in [3.8, 4) is 5.75 Å². The number of aliphatic imine (C=N–C) groups is 1. The largest absolute Gasteiger partial charge is 0.573 e. The molecule has 3 aromatic rings. The highest BCUT2D eigenvalue weighted by molar-refractivity contribution is 6.00. The Morgan fingerprint density at radius 2 is 1.79 bits per heavy atom. The molecule has 3 rings (SSSR count). The first-order valence-electron chi connectivity index (χ1n) is 8.53. The van der Waals surface area contributed by atoms with Gasteiger partial charge in [-0.3, -0.25) is 4.99 Å². The lowest BCUT2D eigenvalue weighted by Gasteiger charge is -2.14. The van der Waals surface area contributed by atoms with E-state index in [1.54, 1.807) is 18.5 Å². The minimum Gasteiger partial charge on any atom is -0.406 e. The van der Waals surface area contributed by atoms with E-state index in [1.165, 1.54) is 24.5 Å². The Labute approximate surface area is 165 Å². The molecule has 0 bridgehead atoms. The van der Waals surface area contributed by atoms with Crippen molar-refractivity contribution in [3.63, 3.8) is 0 Å².